The highest BCUT2D eigenvalue weighted by atomic mass is 32.2. The summed E-state index contributed by atoms with van der Waals surface area (Å²) < 4.78 is 28.2. The number of rotatable bonds is 7. The molecule has 31 heavy (non-hydrogen) atoms. The average Bonchev–Trinajstić information content (AvgIpc) is 2.80. The van der Waals surface area contributed by atoms with E-state index in [0.29, 0.717) is 30.4 Å². The maximum atomic E-state index is 13.3. The third-order valence-electron chi connectivity index (χ3n) is 6.74. The van der Waals surface area contributed by atoms with Crippen LogP contribution in [0.25, 0.3) is 0 Å². The number of nitrogens with zero attached hydrogens (tertiary/aromatic N) is 2. The molecule has 2 fully saturated rings. The lowest BCUT2D eigenvalue weighted by atomic mass is 9.84. The van der Waals surface area contributed by atoms with Crippen molar-refractivity contribution < 1.29 is 8.42 Å². The van der Waals surface area contributed by atoms with Crippen LogP contribution in [0.3, 0.4) is 0 Å². The molecule has 2 aliphatic rings. The highest BCUT2D eigenvalue weighted by Crippen LogP contribution is 2.31. The van der Waals surface area contributed by atoms with Gasteiger partial charge in [-0.15, -0.1) is 0 Å². The predicted octanol–water partition coefficient (Wildman–Crippen LogP) is 4.36. The van der Waals surface area contributed by atoms with E-state index in [0.717, 1.165) is 25.2 Å². The van der Waals surface area contributed by atoms with Gasteiger partial charge in [0.25, 0.3) is 0 Å². The van der Waals surface area contributed by atoms with Crippen LogP contribution >= 0.6 is 0 Å². The summed E-state index contributed by atoms with van der Waals surface area (Å²) in [4.78, 5) is 2.58. The van der Waals surface area contributed by atoms with E-state index in [1.54, 1.807) is 4.31 Å². The van der Waals surface area contributed by atoms with Crippen molar-refractivity contribution in [1.82, 2.24) is 9.21 Å². The SMILES string of the molecule is CN1CCN(S(=O)(=O)c2ccc(CC3CCCCC3)c(NCc3ccccc3)c2)CC1. The average molecular weight is 442 g/mol. The maximum Gasteiger partial charge on any atom is 0.243 e. The molecule has 0 radical (unpaired) electrons. The smallest absolute Gasteiger partial charge is 0.243 e. The molecule has 0 bridgehead atoms. The van der Waals surface area contributed by atoms with Gasteiger partial charge in [0.15, 0.2) is 0 Å². The fourth-order valence-electron chi connectivity index (χ4n) is 4.73. The lowest BCUT2D eigenvalue weighted by molar-refractivity contribution is 0.222. The van der Waals surface area contributed by atoms with Gasteiger partial charge in [-0.2, -0.15) is 4.31 Å². The summed E-state index contributed by atoms with van der Waals surface area (Å²) in [7, 11) is -1.44. The van der Waals surface area contributed by atoms with Crippen LogP contribution in [0.15, 0.2) is 53.4 Å². The van der Waals surface area contributed by atoms with Crippen LogP contribution in [0.5, 0.6) is 0 Å². The molecule has 1 saturated heterocycles. The molecule has 1 aliphatic heterocycles. The molecule has 0 aromatic heterocycles. The molecule has 168 valence electrons. The number of hydrogen-bond acceptors (Lipinski definition) is 4. The number of piperazine rings is 1. The van der Waals surface area contributed by atoms with E-state index in [2.05, 4.69) is 22.3 Å². The topological polar surface area (TPSA) is 52.7 Å². The summed E-state index contributed by atoms with van der Waals surface area (Å²) in [5.41, 5.74) is 3.39. The van der Waals surface area contributed by atoms with Crippen molar-refractivity contribution in [2.45, 2.75) is 50.0 Å². The van der Waals surface area contributed by atoms with Gasteiger partial charge in [-0.25, -0.2) is 8.42 Å². The molecule has 1 saturated carbocycles. The van der Waals surface area contributed by atoms with E-state index in [1.165, 1.54) is 43.2 Å². The number of anilines is 1. The molecule has 1 N–H and O–H groups in total. The van der Waals surface area contributed by atoms with Gasteiger partial charge >= 0.3 is 0 Å². The van der Waals surface area contributed by atoms with Crippen molar-refractivity contribution in [1.29, 1.82) is 0 Å². The summed E-state index contributed by atoms with van der Waals surface area (Å²) >= 11 is 0. The Labute approximate surface area is 187 Å². The molecule has 5 nitrogen and oxygen atoms in total. The van der Waals surface area contributed by atoms with E-state index in [4.69, 9.17) is 0 Å². The minimum atomic E-state index is -3.47. The standard InChI is InChI=1S/C25H35N3O2S/c1-27-14-16-28(17-15-27)31(29,30)24-13-12-23(18-21-8-4-2-5-9-21)25(19-24)26-20-22-10-6-3-7-11-22/h3,6-7,10-13,19,21,26H,2,4-5,8-9,14-18,20H2,1H3. The summed E-state index contributed by atoms with van der Waals surface area (Å²) in [5, 5.41) is 3.55. The third-order valence-corrected chi connectivity index (χ3v) is 8.64. The second-order valence-electron chi connectivity index (χ2n) is 9.07. The van der Waals surface area contributed by atoms with E-state index < -0.39 is 10.0 Å². The van der Waals surface area contributed by atoms with Gasteiger partial charge in [-0.05, 0) is 42.6 Å². The molecule has 0 spiro atoms. The molecule has 4 rings (SSSR count). The van der Waals surface area contributed by atoms with Crippen LogP contribution < -0.4 is 5.32 Å². The first-order chi connectivity index (χ1) is 15.0. The maximum absolute atomic E-state index is 13.3. The van der Waals surface area contributed by atoms with E-state index in [1.807, 2.05) is 43.4 Å². The summed E-state index contributed by atoms with van der Waals surface area (Å²) in [5.74, 6) is 0.700. The Balaban J connectivity index is 1.57. The zero-order valence-corrected chi connectivity index (χ0v) is 19.4. The molecule has 1 heterocycles. The first-order valence-corrected chi connectivity index (χ1v) is 13.1. The van der Waals surface area contributed by atoms with Gasteiger partial charge in [-0.3, -0.25) is 0 Å². The Morgan fingerprint density at radius 2 is 1.65 bits per heavy atom. The summed E-state index contributed by atoms with van der Waals surface area (Å²) in [6.45, 7) is 3.34. The van der Waals surface area contributed by atoms with Gasteiger partial charge in [-0.1, -0.05) is 68.5 Å². The van der Waals surface area contributed by atoms with Crippen LogP contribution in [0.4, 0.5) is 5.69 Å². The molecule has 0 atom stereocenters. The lowest BCUT2D eigenvalue weighted by Gasteiger charge is -2.31. The molecule has 1 aliphatic carbocycles. The lowest BCUT2D eigenvalue weighted by Crippen LogP contribution is -2.47. The van der Waals surface area contributed by atoms with Crippen LogP contribution in [-0.2, 0) is 23.0 Å². The molecular weight excluding hydrogens is 406 g/mol. The zero-order valence-electron chi connectivity index (χ0n) is 18.6. The van der Waals surface area contributed by atoms with E-state index in [9.17, 15) is 8.42 Å². The van der Waals surface area contributed by atoms with Crippen LogP contribution in [-0.4, -0.2) is 50.8 Å². The zero-order chi connectivity index (χ0) is 21.7. The molecular formula is C25H35N3O2S. The van der Waals surface area contributed by atoms with Gasteiger partial charge < -0.3 is 10.2 Å². The van der Waals surface area contributed by atoms with E-state index in [-0.39, 0.29) is 0 Å². The van der Waals surface area contributed by atoms with Crippen molar-refractivity contribution in [2.24, 2.45) is 5.92 Å². The monoisotopic (exact) mass is 441 g/mol. The first kappa shape index (κ1) is 22.3. The van der Waals surface area contributed by atoms with Crippen molar-refractivity contribution >= 4 is 15.7 Å². The number of sulfonamides is 1. The molecule has 0 amide bonds. The van der Waals surface area contributed by atoms with Gasteiger partial charge in [0.1, 0.15) is 0 Å². The van der Waals surface area contributed by atoms with Crippen molar-refractivity contribution in [3.8, 4) is 0 Å². The minimum Gasteiger partial charge on any atom is -0.381 e. The highest BCUT2D eigenvalue weighted by molar-refractivity contribution is 7.89. The quantitative estimate of drug-likeness (QED) is 0.694. The van der Waals surface area contributed by atoms with Crippen LogP contribution in [0, 0.1) is 5.92 Å². The molecule has 6 heteroatoms. The van der Waals surface area contributed by atoms with Crippen molar-refractivity contribution in [3.63, 3.8) is 0 Å². The van der Waals surface area contributed by atoms with Gasteiger partial charge in [0, 0.05) is 38.4 Å². The minimum absolute atomic E-state index is 0.403. The summed E-state index contributed by atoms with van der Waals surface area (Å²) in [6, 6.07) is 16.0. The second kappa shape index (κ2) is 10.2. The normalized spacial score (nSPS) is 19.4. The largest absolute Gasteiger partial charge is 0.381 e. The number of hydrogen-bond donors (Lipinski definition) is 1. The molecule has 2 aromatic rings. The number of nitrogens with one attached hydrogen (secondary N) is 1. The second-order valence-corrected chi connectivity index (χ2v) is 11.0. The van der Waals surface area contributed by atoms with Crippen LogP contribution in [0.1, 0.15) is 43.2 Å². The Morgan fingerprint density at radius 1 is 0.935 bits per heavy atom. The third kappa shape index (κ3) is 5.68. The Bertz CT molecular complexity index is 948. The fraction of sp³-hybridized carbons (Fsp3) is 0.520. The van der Waals surface area contributed by atoms with Crippen molar-refractivity contribution in [3.05, 3.63) is 59.7 Å². The van der Waals surface area contributed by atoms with Crippen molar-refractivity contribution in [2.75, 3.05) is 38.5 Å². The Kier molecular flexibility index (Phi) is 7.31. The molecule has 0 unspecified atom stereocenters. The predicted molar refractivity (Wildman–Crippen MR) is 127 cm³/mol. The first-order valence-electron chi connectivity index (χ1n) is 11.6. The summed E-state index contributed by atoms with van der Waals surface area (Å²) in [6.07, 6.45) is 7.54. The van der Waals surface area contributed by atoms with Gasteiger partial charge in [0.2, 0.25) is 10.0 Å². The molecule has 2 aromatic carbocycles. The highest BCUT2D eigenvalue weighted by Gasteiger charge is 2.28. The van der Waals surface area contributed by atoms with E-state index >= 15 is 0 Å². The van der Waals surface area contributed by atoms with Crippen LogP contribution in [0.2, 0.25) is 0 Å². The fourth-order valence-corrected chi connectivity index (χ4v) is 6.18. The van der Waals surface area contributed by atoms with Gasteiger partial charge in [0.05, 0.1) is 4.90 Å². The Hall–Kier alpha value is -1.89. The Morgan fingerprint density at radius 3 is 2.35 bits per heavy atom. The number of benzene rings is 2. The number of likely N-dealkylation sites (N-methyl/N-ethyl adjacent to an activating group) is 1.